The molecule has 7 nitrogen and oxygen atoms in total. The van der Waals surface area contributed by atoms with E-state index in [1.54, 1.807) is 13.0 Å². The highest BCUT2D eigenvalue weighted by molar-refractivity contribution is 5.76. The quantitative estimate of drug-likeness (QED) is 0.463. The molecule has 1 aromatic carbocycles. The van der Waals surface area contributed by atoms with Gasteiger partial charge in [-0.3, -0.25) is 14.9 Å². The number of nitrogens with zero attached hydrogens (tertiary/aromatic N) is 1. The van der Waals surface area contributed by atoms with E-state index in [1.165, 1.54) is 13.2 Å². The van der Waals surface area contributed by atoms with Crippen molar-refractivity contribution in [2.75, 3.05) is 7.11 Å². The summed E-state index contributed by atoms with van der Waals surface area (Å²) in [6, 6.07) is 1.83. The highest BCUT2D eigenvalue weighted by Gasteiger charge is 2.22. The molecule has 1 aromatic rings. The van der Waals surface area contributed by atoms with Crippen molar-refractivity contribution in [1.29, 1.82) is 0 Å². The summed E-state index contributed by atoms with van der Waals surface area (Å²) in [7, 11) is 1.20. The van der Waals surface area contributed by atoms with E-state index in [0.29, 0.717) is 5.56 Å². The lowest BCUT2D eigenvalue weighted by molar-refractivity contribution is -0.386. The van der Waals surface area contributed by atoms with Crippen molar-refractivity contribution in [2.45, 2.75) is 19.4 Å². The van der Waals surface area contributed by atoms with E-state index in [0.717, 1.165) is 0 Å². The van der Waals surface area contributed by atoms with Crippen LogP contribution >= 0.6 is 0 Å². The molecule has 0 bridgehead atoms. The maximum absolute atomic E-state index is 11.2. The van der Waals surface area contributed by atoms with E-state index < -0.39 is 28.4 Å². The van der Waals surface area contributed by atoms with Gasteiger partial charge in [0.15, 0.2) is 5.75 Å². The summed E-state index contributed by atoms with van der Waals surface area (Å²) in [6.07, 6.45) is -0.0268. The van der Waals surface area contributed by atoms with Gasteiger partial charge in [-0.2, -0.15) is 0 Å². The molecule has 0 heterocycles. The first-order valence-corrected chi connectivity index (χ1v) is 5.17. The number of carbonyl (C=O) groups excluding carboxylic acids is 1. The molecule has 98 valence electrons. The first-order valence-electron chi connectivity index (χ1n) is 5.17. The van der Waals surface area contributed by atoms with Crippen LogP contribution in [0.5, 0.6) is 5.75 Å². The number of hydrogen-bond acceptors (Lipinski definition) is 6. The molecule has 0 aliphatic carbocycles. The SMILES string of the molecule is COC(=O)[C@@H](N)Cc1cc(C)cc([N+](=O)[O-])c1O. The largest absolute Gasteiger partial charge is 0.502 e. The van der Waals surface area contributed by atoms with Crippen molar-refractivity contribution in [3.05, 3.63) is 33.4 Å². The molecule has 0 aliphatic rings. The number of nitro groups is 1. The third kappa shape index (κ3) is 2.95. The average molecular weight is 254 g/mol. The first kappa shape index (κ1) is 13.9. The maximum atomic E-state index is 11.2. The average Bonchev–Trinajstić information content (AvgIpc) is 2.31. The maximum Gasteiger partial charge on any atom is 0.322 e. The van der Waals surface area contributed by atoms with Gasteiger partial charge in [0.25, 0.3) is 0 Å². The number of nitro benzene ring substituents is 1. The number of ether oxygens (including phenoxy) is 1. The molecule has 0 spiro atoms. The molecule has 18 heavy (non-hydrogen) atoms. The highest BCUT2D eigenvalue weighted by atomic mass is 16.6. The Morgan fingerprint density at radius 1 is 1.61 bits per heavy atom. The zero-order valence-electron chi connectivity index (χ0n) is 10.0. The first-order chi connectivity index (χ1) is 8.36. The Balaban J connectivity index is 3.10. The lowest BCUT2D eigenvalue weighted by Crippen LogP contribution is -2.33. The van der Waals surface area contributed by atoms with Gasteiger partial charge in [0.2, 0.25) is 0 Å². The van der Waals surface area contributed by atoms with Crippen LogP contribution in [0.3, 0.4) is 0 Å². The molecule has 0 unspecified atom stereocenters. The number of rotatable bonds is 4. The van der Waals surface area contributed by atoms with Gasteiger partial charge in [-0.25, -0.2) is 0 Å². The van der Waals surface area contributed by atoms with Crippen molar-refractivity contribution in [2.24, 2.45) is 5.73 Å². The molecule has 0 fully saturated rings. The Kier molecular flexibility index (Phi) is 4.22. The predicted octanol–water partition coefficient (Wildman–Crippen LogP) is 0.652. The van der Waals surface area contributed by atoms with E-state index in [9.17, 15) is 20.0 Å². The molecular formula is C11H14N2O5. The van der Waals surface area contributed by atoms with Crippen LogP contribution in [0.25, 0.3) is 0 Å². The Hall–Kier alpha value is -2.15. The Bertz CT molecular complexity index is 487. The van der Waals surface area contributed by atoms with Crippen LogP contribution in [0, 0.1) is 17.0 Å². The van der Waals surface area contributed by atoms with Gasteiger partial charge >= 0.3 is 11.7 Å². The molecular weight excluding hydrogens is 240 g/mol. The second-order valence-electron chi connectivity index (χ2n) is 3.88. The number of methoxy groups -OCH3 is 1. The Morgan fingerprint density at radius 3 is 2.72 bits per heavy atom. The number of hydrogen-bond donors (Lipinski definition) is 2. The minimum Gasteiger partial charge on any atom is -0.502 e. The summed E-state index contributed by atoms with van der Waals surface area (Å²) in [5, 5.41) is 20.5. The summed E-state index contributed by atoms with van der Waals surface area (Å²) in [5.74, 6) is -1.11. The van der Waals surface area contributed by atoms with E-state index in [-0.39, 0.29) is 12.0 Å². The smallest absolute Gasteiger partial charge is 0.322 e. The number of benzene rings is 1. The third-order valence-corrected chi connectivity index (χ3v) is 2.45. The van der Waals surface area contributed by atoms with E-state index in [2.05, 4.69) is 4.74 Å². The third-order valence-electron chi connectivity index (χ3n) is 2.45. The minimum atomic E-state index is -0.970. The van der Waals surface area contributed by atoms with E-state index in [4.69, 9.17) is 5.73 Å². The van der Waals surface area contributed by atoms with Crippen molar-refractivity contribution in [3.63, 3.8) is 0 Å². The Morgan fingerprint density at radius 2 is 2.22 bits per heavy atom. The Labute approximate surface area is 103 Å². The van der Waals surface area contributed by atoms with Crippen LogP contribution in [0.1, 0.15) is 11.1 Å². The molecule has 0 amide bonds. The van der Waals surface area contributed by atoms with Crippen molar-refractivity contribution in [1.82, 2.24) is 0 Å². The van der Waals surface area contributed by atoms with Gasteiger partial charge < -0.3 is 15.6 Å². The van der Waals surface area contributed by atoms with Crippen LogP contribution in [-0.4, -0.2) is 29.2 Å². The molecule has 0 aromatic heterocycles. The molecule has 0 saturated carbocycles. The fourth-order valence-corrected chi connectivity index (χ4v) is 1.60. The second-order valence-corrected chi connectivity index (χ2v) is 3.88. The number of aromatic hydroxyl groups is 1. The lowest BCUT2D eigenvalue weighted by Gasteiger charge is -2.11. The normalized spacial score (nSPS) is 11.9. The lowest BCUT2D eigenvalue weighted by atomic mass is 10.0. The summed E-state index contributed by atoms with van der Waals surface area (Å²) in [6.45, 7) is 1.65. The van der Waals surface area contributed by atoms with Crippen molar-refractivity contribution in [3.8, 4) is 5.75 Å². The van der Waals surface area contributed by atoms with Crippen LogP contribution in [-0.2, 0) is 16.0 Å². The molecule has 3 N–H and O–H groups in total. The molecule has 1 rings (SSSR count). The van der Waals surface area contributed by atoms with Crippen LogP contribution < -0.4 is 5.73 Å². The minimum absolute atomic E-state index is 0.0268. The summed E-state index contributed by atoms with van der Waals surface area (Å²) >= 11 is 0. The van der Waals surface area contributed by atoms with E-state index in [1.807, 2.05) is 0 Å². The van der Waals surface area contributed by atoms with Crippen molar-refractivity contribution >= 4 is 11.7 Å². The van der Waals surface area contributed by atoms with E-state index >= 15 is 0 Å². The standard InChI is InChI=1S/C11H14N2O5/c1-6-3-7(5-8(12)11(15)18-2)10(14)9(4-6)13(16)17/h3-4,8,14H,5,12H2,1-2H3/t8-/m0/s1. The number of nitrogens with two attached hydrogens (primary N) is 1. The summed E-state index contributed by atoms with van der Waals surface area (Å²) < 4.78 is 4.45. The highest BCUT2D eigenvalue weighted by Crippen LogP contribution is 2.31. The number of aryl methyl sites for hydroxylation is 1. The van der Waals surface area contributed by atoms with Gasteiger partial charge in [0, 0.05) is 18.1 Å². The number of phenolic OH excluding ortho intramolecular Hbond substituents is 1. The van der Waals surface area contributed by atoms with Crippen LogP contribution in [0.15, 0.2) is 12.1 Å². The van der Waals surface area contributed by atoms with Gasteiger partial charge in [-0.15, -0.1) is 0 Å². The summed E-state index contributed by atoms with van der Waals surface area (Å²) in [5.41, 5.74) is 6.00. The second kappa shape index (κ2) is 5.46. The number of esters is 1. The molecule has 1 atom stereocenters. The molecule has 0 saturated heterocycles. The molecule has 7 heteroatoms. The topological polar surface area (TPSA) is 116 Å². The monoisotopic (exact) mass is 254 g/mol. The van der Waals surface area contributed by atoms with Crippen LogP contribution in [0.2, 0.25) is 0 Å². The predicted molar refractivity (Wildman–Crippen MR) is 63.2 cm³/mol. The molecule has 0 aliphatic heterocycles. The van der Waals surface area contributed by atoms with Gasteiger partial charge in [-0.05, 0) is 12.5 Å². The summed E-state index contributed by atoms with van der Waals surface area (Å²) in [4.78, 5) is 21.2. The van der Waals surface area contributed by atoms with Gasteiger partial charge in [0.05, 0.1) is 12.0 Å². The zero-order valence-corrected chi connectivity index (χ0v) is 10.0. The van der Waals surface area contributed by atoms with Gasteiger partial charge in [0.1, 0.15) is 6.04 Å². The fraction of sp³-hybridized carbons (Fsp3) is 0.364. The number of carbonyl (C=O) groups is 1. The van der Waals surface area contributed by atoms with Crippen LogP contribution in [0.4, 0.5) is 5.69 Å². The zero-order chi connectivity index (χ0) is 13.9. The molecule has 0 radical (unpaired) electrons. The van der Waals surface area contributed by atoms with Gasteiger partial charge in [-0.1, -0.05) is 6.07 Å². The van der Waals surface area contributed by atoms with Crippen molar-refractivity contribution < 1.29 is 19.6 Å². The number of phenols is 1. The fourth-order valence-electron chi connectivity index (χ4n) is 1.60.